The van der Waals surface area contributed by atoms with Gasteiger partial charge < -0.3 is 24.6 Å². The normalized spacial score (nSPS) is 16.4. The van der Waals surface area contributed by atoms with Gasteiger partial charge >= 0.3 is 0 Å². The average molecular weight is 535 g/mol. The second-order valence-electron chi connectivity index (χ2n) is 9.83. The van der Waals surface area contributed by atoms with E-state index in [1.165, 1.54) is 16.9 Å². The number of thiazole rings is 1. The highest BCUT2D eigenvalue weighted by Crippen LogP contribution is 2.31. The summed E-state index contributed by atoms with van der Waals surface area (Å²) < 4.78 is 11.2. The first-order valence-corrected chi connectivity index (χ1v) is 14.0. The van der Waals surface area contributed by atoms with E-state index >= 15 is 0 Å². The largest absolute Gasteiger partial charge is 0.484 e. The maximum absolute atomic E-state index is 13.0. The number of hydrogen-bond donors (Lipinski definition) is 1. The number of anilines is 2. The SMILES string of the molecule is Cc1ccc(OCC(=O)N2CCC(c3nc(C(=O)Nc4ccccc4N4CCOCC4)cs3)CC2)cc1C. The molecule has 2 aromatic carbocycles. The van der Waals surface area contributed by atoms with Crippen molar-refractivity contribution in [2.75, 3.05) is 56.2 Å². The summed E-state index contributed by atoms with van der Waals surface area (Å²) in [6, 6.07) is 13.7. The molecule has 0 radical (unpaired) electrons. The van der Waals surface area contributed by atoms with Gasteiger partial charge in [0.15, 0.2) is 6.61 Å². The lowest BCUT2D eigenvalue weighted by Crippen LogP contribution is -2.40. The molecule has 8 nitrogen and oxygen atoms in total. The van der Waals surface area contributed by atoms with Crippen LogP contribution in [-0.2, 0) is 9.53 Å². The number of amides is 2. The Morgan fingerprint density at radius 2 is 1.82 bits per heavy atom. The Morgan fingerprint density at radius 3 is 2.58 bits per heavy atom. The van der Waals surface area contributed by atoms with Gasteiger partial charge in [0.25, 0.3) is 11.8 Å². The highest BCUT2D eigenvalue weighted by molar-refractivity contribution is 7.10. The highest BCUT2D eigenvalue weighted by Gasteiger charge is 2.27. The summed E-state index contributed by atoms with van der Waals surface area (Å²) >= 11 is 1.52. The summed E-state index contributed by atoms with van der Waals surface area (Å²) in [7, 11) is 0. The van der Waals surface area contributed by atoms with Crippen LogP contribution in [0, 0.1) is 13.8 Å². The minimum atomic E-state index is -0.204. The molecule has 1 N–H and O–H groups in total. The fourth-order valence-electron chi connectivity index (χ4n) is 4.84. The molecule has 1 aromatic heterocycles. The number of piperidine rings is 1. The van der Waals surface area contributed by atoms with Crippen LogP contribution in [0.4, 0.5) is 11.4 Å². The molecule has 2 fully saturated rings. The second kappa shape index (κ2) is 12.0. The number of rotatable bonds is 7. The van der Waals surface area contributed by atoms with E-state index in [-0.39, 0.29) is 24.3 Å². The van der Waals surface area contributed by atoms with Gasteiger partial charge in [0.2, 0.25) is 0 Å². The standard InChI is InChI=1S/C29H34N4O4S/c1-20-7-8-23(17-21(20)2)37-18-27(34)33-11-9-22(10-12-33)29-31-25(19-38-29)28(35)30-24-5-3-4-6-26(24)32-13-15-36-16-14-32/h3-8,17,19,22H,9-16,18H2,1-2H3,(H,30,35). The van der Waals surface area contributed by atoms with Crippen molar-refractivity contribution in [3.8, 4) is 5.75 Å². The van der Waals surface area contributed by atoms with Gasteiger partial charge in [0.1, 0.15) is 11.4 Å². The van der Waals surface area contributed by atoms with E-state index in [9.17, 15) is 9.59 Å². The lowest BCUT2D eigenvalue weighted by Gasteiger charge is -2.31. The van der Waals surface area contributed by atoms with Crippen molar-refractivity contribution in [3.63, 3.8) is 0 Å². The van der Waals surface area contributed by atoms with Crippen LogP contribution in [0.1, 0.15) is 45.4 Å². The topological polar surface area (TPSA) is 84.0 Å². The fourth-order valence-corrected chi connectivity index (χ4v) is 5.81. The molecule has 38 heavy (non-hydrogen) atoms. The first-order valence-electron chi connectivity index (χ1n) is 13.1. The first-order chi connectivity index (χ1) is 18.5. The number of carbonyl (C=O) groups excluding carboxylic acids is 2. The number of carbonyl (C=O) groups is 2. The number of morpholine rings is 1. The summed E-state index contributed by atoms with van der Waals surface area (Å²) in [5.74, 6) is 0.758. The molecule has 0 saturated carbocycles. The van der Waals surface area contributed by atoms with E-state index < -0.39 is 0 Å². The van der Waals surface area contributed by atoms with E-state index in [1.807, 2.05) is 59.7 Å². The van der Waals surface area contributed by atoms with Gasteiger partial charge in [-0.2, -0.15) is 0 Å². The van der Waals surface area contributed by atoms with E-state index in [2.05, 4.69) is 22.1 Å². The molecule has 0 unspecified atom stereocenters. The summed E-state index contributed by atoms with van der Waals surface area (Å²) in [4.78, 5) is 34.5. The molecule has 9 heteroatoms. The Labute approximate surface area is 227 Å². The first kappa shape index (κ1) is 26.2. The van der Waals surface area contributed by atoms with Crippen LogP contribution in [0.25, 0.3) is 0 Å². The third-order valence-electron chi connectivity index (χ3n) is 7.30. The molecule has 3 heterocycles. The van der Waals surface area contributed by atoms with Gasteiger partial charge in [-0.05, 0) is 62.1 Å². The van der Waals surface area contributed by atoms with E-state index in [1.54, 1.807) is 0 Å². The van der Waals surface area contributed by atoms with E-state index in [4.69, 9.17) is 9.47 Å². The zero-order valence-corrected chi connectivity index (χ0v) is 22.8. The zero-order chi connectivity index (χ0) is 26.5. The smallest absolute Gasteiger partial charge is 0.275 e. The molecule has 2 saturated heterocycles. The maximum Gasteiger partial charge on any atom is 0.275 e. The number of likely N-dealkylation sites (tertiary alicyclic amines) is 1. The highest BCUT2D eigenvalue weighted by atomic mass is 32.1. The second-order valence-corrected chi connectivity index (χ2v) is 10.7. The van der Waals surface area contributed by atoms with Crippen LogP contribution in [0.15, 0.2) is 47.8 Å². The van der Waals surface area contributed by atoms with Crippen molar-refractivity contribution in [1.29, 1.82) is 0 Å². The number of aromatic nitrogens is 1. The van der Waals surface area contributed by atoms with Crippen molar-refractivity contribution in [3.05, 3.63) is 69.7 Å². The molecular formula is C29H34N4O4S. The van der Waals surface area contributed by atoms with Gasteiger partial charge in [-0.15, -0.1) is 11.3 Å². The fraction of sp³-hybridized carbons (Fsp3) is 0.414. The van der Waals surface area contributed by atoms with Crippen LogP contribution >= 0.6 is 11.3 Å². The maximum atomic E-state index is 13.0. The Kier molecular flexibility index (Phi) is 8.24. The molecule has 0 spiro atoms. The Balaban J connectivity index is 1.13. The van der Waals surface area contributed by atoms with Gasteiger partial charge in [-0.25, -0.2) is 4.98 Å². The van der Waals surface area contributed by atoms with Gasteiger partial charge in [0, 0.05) is 37.5 Å². The molecule has 0 bridgehead atoms. The Morgan fingerprint density at radius 1 is 1.05 bits per heavy atom. The molecule has 0 aliphatic carbocycles. The van der Waals surface area contributed by atoms with Crippen molar-refractivity contribution < 1.29 is 19.1 Å². The molecule has 3 aromatic rings. The van der Waals surface area contributed by atoms with Crippen LogP contribution in [0.5, 0.6) is 5.75 Å². The minimum Gasteiger partial charge on any atom is -0.484 e. The number of ether oxygens (including phenoxy) is 2. The summed E-state index contributed by atoms with van der Waals surface area (Å²) in [5, 5.41) is 5.84. The third kappa shape index (κ3) is 6.16. The van der Waals surface area contributed by atoms with Crippen LogP contribution in [-0.4, -0.2) is 67.7 Å². The zero-order valence-electron chi connectivity index (χ0n) is 21.9. The van der Waals surface area contributed by atoms with Gasteiger partial charge in [-0.3, -0.25) is 9.59 Å². The quantitative estimate of drug-likeness (QED) is 0.476. The molecule has 2 aliphatic rings. The molecule has 2 aliphatic heterocycles. The number of nitrogens with zero attached hydrogens (tertiary/aromatic N) is 3. The van der Waals surface area contributed by atoms with Crippen molar-refractivity contribution in [1.82, 2.24) is 9.88 Å². The third-order valence-corrected chi connectivity index (χ3v) is 8.30. The number of hydrogen-bond acceptors (Lipinski definition) is 7. The van der Waals surface area contributed by atoms with Gasteiger partial charge in [-0.1, -0.05) is 18.2 Å². The predicted octanol–water partition coefficient (Wildman–Crippen LogP) is 4.63. The molecule has 0 atom stereocenters. The van der Waals surface area contributed by atoms with Crippen molar-refractivity contribution >= 4 is 34.5 Å². The summed E-state index contributed by atoms with van der Waals surface area (Å²) in [6.07, 6.45) is 1.65. The molecule has 2 amide bonds. The lowest BCUT2D eigenvalue weighted by molar-refractivity contribution is -0.134. The minimum absolute atomic E-state index is 0.000170. The van der Waals surface area contributed by atoms with Crippen LogP contribution < -0.4 is 15.0 Å². The lowest BCUT2D eigenvalue weighted by atomic mass is 9.97. The summed E-state index contributed by atoms with van der Waals surface area (Å²) in [5.41, 5.74) is 4.56. The van der Waals surface area contributed by atoms with Crippen LogP contribution in [0.2, 0.25) is 0 Å². The summed E-state index contributed by atoms with van der Waals surface area (Å²) in [6.45, 7) is 8.41. The Hall–Kier alpha value is -3.43. The van der Waals surface area contributed by atoms with E-state index in [0.717, 1.165) is 53.6 Å². The Bertz CT molecular complexity index is 1280. The average Bonchev–Trinajstić information content (AvgIpc) is 3.45. The molecule has 200 valence electrons. The monoisotopic (exact) mass is 534 g/mol. The van der Waals surface area contributed by atoms with Gasteiger partial charge in [0.05, 0.1) is 29.6 Å². The number of benzene rings is 2. The number of nitrogens with one attached hydrogen (secondary N) is 1. The van der Waals surface area contributed by atoms with E-state index in [0.29, 0.717) is 32.0 Å². The van der Waals surface area contributed by atoms with Crippen molar-refractivity contribution in [2.24, 2.45) is 0 Å². The number of aryl methyl sites for hydroxylation is 2. The predicted molar refractivity (Wildman–Crippen MR) is 150 cm³/mol. The molecule has 5 rings (SSSR count). The molecular weight excluding hydrogens is 500 g/mol. The van der Waals surface area contributed by atoms with Crippen LogP contribution in [0.3, 0.4) is 0 Å². The number of para-hydroxylation sites is 2. The van der Waals surface area contributed by atoms with Crippen molar-refractivity contribution in [2.45, 2.75) is 32.6 Å².